The molecule has 4 nitrogen and oxygen atoms in total. The molecule has 0 radical (unpaired) electrons. The second-order valence-electron chi connectivity index (χ2n) is 5.79. The number of amides is 1. The summed E-state index contributed by atoms with van der Waals surface area (Å²) in [4.78, 5) is 12.0. The molecule has 0 unspecified atom stereocenters. The smallest absolute Gasteiger partial charge is 0.239 e. The number of methoxy groups -OCH3 is 1. The Kier molecular flexibility index (Phi) is 5.90. The van der Waals surface area contributed by atoms with Crippen molar-refractivity contribution in [3.05, 3.63) is 23.8 Å². The fraction of sp³-hybridized carbons (Fsp3) is 0.588. The lowest BCUT2D eigenvalue weighted by Crippen LogP contribution is -2.38. The van der Waals surface area contributed by atoms with Crippen LogP contribution in [0.2, 0.25) is 0 Å². The summed E-state index contributed by atoms with van der Waals surface area (Å²) in [5.41, 5.74) is 2.01. The lowest BCUT2D eigenvalue weighted by Gasteiger charge is -2.17. The van der Waals surface area contributed by atoms with Gasteiger partial charge in [0.1, 0.15) is 5.75 Å². The van der Waals surface area contributed by atoms with E-state index in [0.29, 0.717) is 12.6 Å². The number of ether oxygens (including phenoxy) is 1. The molecular weight excluding hydrogens is 264 g/mol. The third-order valence-corrected chi connectivity index (χ3v) is 4.07. The van der Waals surface area contributed by atoms with Crippen LogP contribution in [0.15, 0.2) is 18.2 Å². The van der Waals surface area contributed by atoms with E-state index < -0.39 is 0 Å². The molecule has 1 aliphatic rings. The van der Waals surface area contributed by atoms with Crippen LogP contribution in [-0.4, -0.2) is 25.6 Å². The largest absolute Gasteiger partial charge is 0.496 e. The van der Waals surface area contributed by atoms with E-state index in [0.717, 1.165) is 29.8 Å². The van der Waals surface area contributed by atoms with Gasteiger partial charge < -0.3 is 15.4 Å². The van der Waals surface area contributed by atoms with Crippen molar-refractivity contribution in [2.75, 3.05) is 19.0 Å². The third kappa shape index (κ3) is 4.96. The summed E-state index contributed by atoms with van der Waals surface area (Å²) in [6, 6.07) is 6.21. The summed E-state index contributed by atoms with van der Waals surface area (Å²) in [5, 5.41) is 6.31. The quantitative estimate of drug-likeness (QED) is 0.818. The van der Waals surface area contributed by atoms with Gasteiger partial charge in [-0.3, -0.25) is 4.79 Å². The van der Waals surface area contributed by atoms with Crippen molar-refractivity contribution in [2.45, 2.75) is 51.5 Å². The Morgan fingerprint density at radius 1 is 1.24 bits per heavy atom. The number of rotatable bonds is 5. The Bertz CT molecular complexity index is 466. The molecule has 1 aromatic rings. The maximum Gasteiger partial charge on any atom is 0.239 e. The summed E-state index contributed by atoms with van der Waals surface area (Å²) >= 11 is 0. The van der Waals surface area contributed by atoms with E-state index in [9.17, 15) is 4.79 Å². The zero-order chi connectivity index (χ0) is 15.1. The zero-order valence-electron chi connectivity index (χ0n) is 13.1. The fourth-order valence-corrected chi connectivity index (χ4v) is 2.87. The second kappa shape index (κ2) is 7.91. The molecule has 1 aliphatic carbocycles. The standard InChI is InChI=1S/C17H26N2O2/c1-13-11-15(9-10-16(13)21-2)18-12-17(20)19-14-7-5-3-4-6-8-14/h9-11,14,18H,3-8,12H2,1-2H3,(H,19,20). The van der Waals surface area contributed by atoms with Crippen molar-refractivity contribution >= 4 is 11.6 Å². The van der Waals surface area contributed by atoms with Crippen LogP contribution < -0.4 is 15.4 Å². The molecule has 0 saturated heterocycles. The lowest BCUT2D eigenvalue weighted by molar-refractivity contribution is -0.120. The van der Waals surface area contributed by atoms with Crippen LogP contribution >= 0.6 is 0 Å². The molecule has 1 aromatic carbocycles. The number of aryl methyl sites for hydroxylation is 1. The number of hydrogen-bond donors (Lipinski definition) is 2. The van der Waals surface area contributed by atoms with E-state index in [4.69, 9.17) is 4.74 Å². The first kappa shape index (κ1) is 15.7. The van der Waals surface area contributed by atoms with Gasteiger partial charge in [0.25, 0.3) is 0 Å². The number of carbonyl (C=O) groups is 1. The van der Waals surface area contributed by atoms with Crippen molar-refractivity contribution in [1.29, 1.82) is 0 Å². The first-order chi connectivity index (χ1) is 10.2. The van der Waals surface area contributed by atoms with Gasteiger partial charge in [-0.2, -0.15) is 0 Å². The molecule has 0 aromatic heterocycles. The van der Waals surface area contributed by atoms with Crippen molar-refractivity contribution in [3.8, 4) is 5.75 Å². The minimum Gasteiger partial charge on any atom is -0.496 e. The van der Waals surface area contributed by atoms with Gasteiger partial charge in [0.05, 0.1) is 13.7 Å². The van der Waals surface area contributed by atoms with Gasteiger partial charge in [0.2, 0.25) is 5.91 Å². The van der Waals surface area contributed by atoms with E-state index in [1.165, 1.54) is 25.7 Å². The topological polar surface area (TPSA) is 50.4 Å². The molecule has 0 atom stereocenters. The van der Waals surface area contributed by atoms with Crippen molar-refractivity contribution in [3.63, 3.8) is 0 Å². The second-order valence-corrected chi connectivity index (χ2v) is 5.79. The minimum absolute atomic E-state index is 0.0790. The molecule has 1 saturated carbocycles. The van der Waals surface area contributed by atoms with Crippen LogP contribution in [0.3, 0.4) is 0 Å². The monoisotopic (exact) mass is 290 g/mol. The number of anilines is 1. The molecule has 2 N–H and O–H groups in total. The van der Waals surface area contributed by atoms with E-state index in [1.807, 2.05) is 25.1 Å². The molecule has 2 rings (SSSR count). The first-order valence-electron chi connectivity index (χ1n) is 7.87. The molecule has 0 bridgehead atoms. The zero-order valence-corrected chi connectivity index (χ0v) is 13.1. The molecule has 21 heavy (non-hydrogen) atoms. The van der Waals surface area contributed by atoms with Crippen LogP contribution in [0.25, 0.3) is 0 Å². The average molecular weight is 290 g/mol. The minimum atomic E-state index is 0.0790. The third-order valence-electron chi connectivity index (χ3n) is 4.07. The highest BCUT2D eigenvalue weighted by Gasteiger charge is 2.14. The highest BCUT2D eigenvalue weighted by Crippen LogP contribution is 2.21. The molecule has 4 heteroatoms. The van der Waals surface area contributed by atoms with Crippen LogP contribution in [0.5, 0.6) is 5.75 Å². The number of nitrogens with one attached hydrogen (secondary N) is 2. The van der Waals surface area contributed by atoms with Crippen LogP contribution in [0.1, 0.15) is 44.1 Å². The molecule has 0 heterocycles. The van der Waals surface area contributed by atoms with Gasteiger partial charge in [0.15, 0.2) is 0 Å². The lowest BCUT2D eigenvalue weighted by atomic mass is 10.1. The van der Waals surface area contributed by atoms with Gasteiger partial charge in [-0.1, -0.05) is 25.7 Å². The summed E-state index contributed by atoms with van der Waals surface area (Å²) in [5.74, 6) is 0.943. The van der Waals surface area contributed by atoms with Gasteiger partial charge >= 0.3 is 0 Å². The van der Waals surface area contributed by atoms with E-state index in [-0.39, 0.29) is 5.91 Å². The van der Waals surface area contributed by atoms with Crippen molar-refractivity contribution < 1.29 is 9.53 Å². The Morgan fingerprint density at radius 2 is 1.95 bits per heavy atom. The van der Waals surface area contributed by atoms with Crippen LogP contribution in [0.4, 0.5) is 5.69 Å². The predicted octanol–water partition coefficient (Wildman–Crippen LogP) is 3.25. The first-order valence-corrected chi connectivity index (χ1v) is 7.87. The van der Waals surface area contributed by atoms with Crippen molar-refractivity contribution in [2.24, 2.45) is 0 Å². The van der Waals surface area contributed by atoms with Crippen LogP contribution in [-0.2, 0) is 4.79 Å². The van der Waals surface area contributed by atoms with Crippen LogP contribution in [0, 0.1) is 6.92 Å². The van der Waals surface area contributed by atoms with Gasteiger partial charge in [0, 0.05) is 11.7 Å². The molecule has 1 amide bonds. The van der Waals surface area contributed by atoms with E-state index >= 15 is 0 Å². The maximum atomic E-state index is 12.0. The van der Waals surface area contributed by atoms with Gasteiger partial charge in [-0.25, -0.2) is 0 Å². The molecule has 0 spiro atoms. The van der Waals surface area contributed by atoms with E-state index in [2.05, 4.69) is 10.6 Å². The Morgan fingerprint density at radius 3 is 2.57 bits per heavy atom. The number of carbonyl (C=O) groups excluding carboxylic acids is 1. The van der Waals surface area contributed by atoms with E-state index in [1.54, 1.807) is 7.11 Å². The highest BCUT2D eigenvalue weighted by molar-refractivity contribution is 5.81. The predicted molar refractivity (Wildman–Crippen MR) is 85.9 cm³/mol. The molecule has 116 valence electrons. The SMILES string of the molecule is COc1ccc(NCC(=O)NC2CCCCCC2)cc1C. The Labute approximate surface area is 127 Å². The number of hydrogen-bond acceptors (Lipinski definition) is 3. The maximum absolute atomic E-state index is 12.0. The van der Waals surface area contributed by atoms with Crippen molar-refractivity contribution in [1.82, 2.24) is 5.32 Å². The summed E-state index contributed by atoms with van der Waals surface area (Å²) < 4.78 is 5.23. The molecular formula is C17H26N2O2. The number of benzene rings is 1. The fourth-order valence-electron chi connectivity index (χ4n) is 2.87. The molecule has 1 fully saturated rings. The molecule has 0 aliphatic heterocycles. The summed E-state index contributed by atoms with van der Waals surface area (Å²) in [6.07, 6.45) is 7.30. The Hall–Kier alpha value is -1.71. The van der Waals surface area contributed by atoms with Gasteiger partial charge in [-0.05, 0) is 43.5 Å². The average Bonchev–Trinajstić information content (AvgIpc) is 2.74. The summed E-state index contributed by atoms with van der Waals surface area (Å²) in [6.45, 7) is 2.32. The normalized spacial score (nSPS) is 16.1. The Balaban J connectivity index is 1.79. The van der Waals surface area contributed by atoms with Gasteiger partial charge in [-0.15, -0.1) is 0 Å². The highest BCUT2D eigenvalue weighted by atomic mass is 16.5. The summed E-state index contributed by atoms with van der Waals surface area (Å²) in [7, 11) is 1.66.